The largest absolute Gasteiger partial charge is 0.378 e. The Morgan fingerprint density at radius 2 is 2.07 bits per heavy atom. The molecule has 0 amide bonds. The van der Waals surface area contributed by atoms with E-state index in [0.717, 1.165) is 6.61 Å². The molecule has 3 atom stereocenters. The van der Waals surface area contributed by atoms with Crippen molar-refractivity contribution >= 4 is 0 Å². The van der Waals surface area contributed by atoms with Crippen LogP contribution in [-0.2, 0) is 4.74 Å². The Balaban J connectivity index is 2.25. The van der Waals surface area contributed by atoms with E-state index in [-0.39, 0.29) is 0 Å². The van der Waals surface area contributed by atoms with Gasteiger partial charge in [0.15, 0.2) is 0 Å². The van der Waals surface area contributed by atoms with Gasteiger partial charge in [-0.15, -0.1) is 0 Å². The van der Waals surface area contributed by atoms with Gasteiger partial charge in [0, 0.05) is 12.6 Å². The molecule has 3 unspecified atom stereocenters. The summed E-state index contributed by atoms with van der Waals surface area (Å²) in [7, 11) is 0. The van der Waals surface area contributed by atoms with Gasteiger partial charge in [0.1, 0.15) is 0 Å². The minimum atomic E-state index is 0.316. The Morgan fingerprint density at radius 1 is 1.36 bits per heavy atom. The first-order chi connectivity index (χ1) is 6.61. The molecule has 14 heavy (non-hydrogen) atoms. The van der Waals surface area contributed by atoms with Crippen molar-refractivity contribution in [2.24, 2.45) is 17.6 Å². The average molecular weight is 199 g/mol. The zero-order valence-electron chi connectivity index (χ0n) is 9.83. The van der Waals surface area contributed by atoms with E-state index in [1.807, 2.05) is 0 Å². The molecule has 1 rings (SSSR count). The van der Waals surface area contributed by atoms with Gasteiger partial charge >= 0.3 is 0 Å². The molecule has 2 nitrogen and oxygen atoms in total. The van der Waals surface area contributed by atoms with Gasteiger partial charge < -0.3 is 10.5 Å². The van der Waals surface area contributed by atoms with Gasteiger partial charge in [0.05, 0.1) is 6.10 Å². The van der Waals surface area contributed by atoms with Crippen LogP contribution in [0.5, 0.6) is 0 Å². The van der Waals surface area contributed by atoms with Crippen LogP contribution >= 0.6 is 0 Å². The molecule has 2 heteroatoms. The van der Waals surface area contributed by atoms with E-state index in [9.17, 15) is 0 Å². The number of rotatable bonds is 5. The van der Waals surface area contributed by atoms with E-state index in [1.54, 1.807) is 0 Å². The van der Waals surface area contributed by atoms with E-state index < -0.39 is 0 Å². The molecule has 0 aliphatic carbocycles. The number of hydrogen-bond acceptors (Lipinski definition) is 2. The zero-order chi connectivity index (χ0) is 10.6. The van der Waals surface area contributed by atoms with Crippen molar-refractivity contribution in [3.05, 3.63) is 0 Å². The third-order valence-corrected chi connectivity index (χ3v) is 3.38. The molecular weight excluding hydrogens is 174 g/mol. The topological polar surface area (TPSA) is 35.2 Å². The van der Waals surface area contributed by atoms with Crippen LogP contribution in [0.3, 0.4) is 0 Å². The number of nitrogens with two attached hydrogens (primary N) is 1. The standard InChI is InChI=1S/C12H25NO/c1-9(2)12(10(3)13)7-6-11-5-4-8-14-11/h9-12H,4-8,13H2,1-3H3. The summed E-state index contributed by atoms with van der Waals surface area (Å²) >= 11 is 0. The molecule has 0 aromatic rings. The van der Waals surface area contributed by atoms with Crippen LogP contribution in [0.1, 0.15) is 46.5 Å². The molecule has 1 saturated heterocycles. The van der Waals surface area contributed by atoms with Crippen LogP contribution in [0.4, 0.5) is 0 Å². The van der Waals surface area contributed by atoms with Crippen molar-refractivity contribution in [1.82, 2.24) is 0 Å². The number of ether oxygens (including phenoxy) is 1. The van der Waals surface area contributed by atoms with Crippen molar-refractivity contribution in [1.29, 1.82) is 0 Å². The van der Waals surface area contributed by atoms with Crippen LogP contribution in [0.2, 0.25) is 0 Å². The Morgan fingerprint density at radius 3 is 2.50 bits per heavy atom. The van der Waals surface area contributed by atoms with Gasteiger partial charge in [-0.25, -0.2) is 0 Å². The van der Waals surface area contributed by atoms with Crippen molar-refractivity contribution < 1.29 is 4.74 Å². The Bertz CT molecular complexity index is 142. The maximum Gasteiger partial charge on any atom is 0.0576 e. The maximum atomic E-state index is 5.98. The highest BCUT2D eigenvalue weighted by Gasteiger charge is 2.21. The van der Waals surface area contributed by atoms with Crippen molar-refractivity contribution in [2.75, 3.05) is 6.61 Å². The predicted octanol–water partition coefficient (Wildman–Crippen LogP) is 2.57. The highest BCUT2D eigenvalue weighted by molar-refractivity contribution is 4.75. The summed E-state index contributed by atoms with van der Waals surface area (Å²) in [4.78, 5) is 0. The first kappa shape index (κ1) is 12.0. The summed E-state index contributed by atoms with van der Waals surface area (Å²) in [6.07, 6.45) is 5.44. The molecular formula is C12H25NO. The van der Waals surface area contributed by atoms with Crippen LogP contribution < -0.4 is 5.73 Å². The fourth-order valence-corrected chi connectivity index (χ4v) is 2.45. The molecule has 1 heterocycles. The third kappa shape index (κ3) is 3.58. The quantitative estimate of drug-likeness (QED) is 0.738. The first-order valence-electron chi connectivity index (χ1n) is 5.98. The minimum Gasteiger partial charge on any atom is -0.378 e. The number of hydrogen-bond donors (Lipinski definition) is 1. The summed E-state index contributed by atoms with van der Waals surface area (Å²) in [5.41, 5.74) is 5.98. The normalized spacial score (nSPS) is 26.8. The molecule has 1 aliphatic heterocycles. The van der Waals surface area contributed by atoms with E-state index in [2.05, 4.69) is 20.8 Å². The average Bonchev–Trinajstić information content (AvgIpc) is 2.55. The fraction of sp³-hybridized carbons (Fsp3) is 1.00. The SMILES string of the molecule is CC(C)C(CCC1CCCO1)C(C)N. The van der Waals surface area contributed by atoms with E-state index in [1.165, 1.54) is 25.7 Å². The maximum absolute atomic E-state index is 5.98. The predicted molar refractivity (Wildman–Crippen MR) is 60.2 cm³/mol. The van der Waals surface area contributed by atoms with Crippen molar-refractivity contribution in [2.45, 2.75) is 58.6 Å². The molecule has 2 N–H and O–H groups in total. The second kappa shape index (κ2) is 5.72. The minimum absolute atomic E-state index is 0.316. The molecule has 84 valence electrons. The Labute approximate surface area is 88.2 Å². The summed E-state index contributed by atoms with van der Waals surface area (Å²) < 4.78 is 5.62. The molecule has 1 aliphatic rings. The first-order valence-corrected chi connectivity index (χ1v) is 5.98. The van der Waals surface area contributed by atoms with E-state index in [4.69, 9.17) is 10.5 Å². The Hall–Kier alpha value is -0.0800. The Kier molecular flexibility index (Phi) is 4.90. The summed E-state index contributed by atoms with van der Waals surface area (Å²) in [6, 6.07) is 0.316. The lowest BCUT2D eigenvalue weighted by Gasteiger charge is -2.25. The van der Waals surface area contributed by atoms with Crippen LogP contribution in [0.25, 0.3) is 0 Å². The molecule has 0 saturated carbocycles. The highest BCUT2D eigenvalue weighted by Crippen LogP contribution is 2.24. The van der Waals surface area contributed by atoms with Crippen LogP contribution in [0.15, 0.2) is 0 Å². The smallest absolute Gasteiger partial charge is 0.0576 e. The van der Waals surface area contributed by atoms with Gasteiger partial charge in [-0.05, 0) is 44.4 Å². The summed E-state index contributed by atoms with van der Waals surface area (Å²) in [5, 5.41) is 0. The van der Waals surface area contributed by atoms with Crippen molar-refractivity contribution in [3.63, 3.8) is 0 Å². The van der Waals surface area contributed by atoms with Gasteiger partial charge in [-0.2, -0.15) is 0 Å². The molecule has 0 aromatic carbocycles. The van der Waals surface area contributed by atoms with Crippen LogP contribution in [-0.4, -0.2) is 18.8 Å². The molecule has 0 aromatic heterocycles. The van der Waals surface area contributed by atoms with Crippen molar-refractivity contribution in [3.8, 4) is 0 Å². The molecule has 0 spiro atoms. The molecule has 0 radical (unpaired) electrons. The third-order valence-electron chi connectivity index (χ3n) is 3.38. The van der Waals surface area contributed by atoms with Gasteiger partial charge in [-0.3, -0.25) is 0 Å². The molecule has 1 fully saturated rings. The van der Waals surface area contributed by atoms with Gasteiger partial charge in [0.25, 0.3) is 0 Å². The lowest BCUT2D eigenvalue weighted by molar-refractivity contribution is 0.0939. The second-order valence-electron chi connectivity index (χ2n) is 4.98. The highest BCUT2D eigenvalue weighted by atomic mass is 16.5. The lowest BCUT2D eigenvalue weighted by Crippen LogP contribution is -2.31. The van der Waals surface area contributed by atoms with Crippen LogP contribution in [0, 0.1) is 11.8 Å². The summed E-state index contributed by atoms with van der Waals surface area (Å²) in [6.45, 7) is 7.63. The zero-order valence-corrected chi connectivity index (χ0v) is 9.83. The monoisotopic (exact) mass is 199 g/mol. The molecule has 0 bridgehead atoms. The summed E-state index contributed by atoms with van der Waals surface area (Å²) in [5.74, 6) is 1.34. The van der Waals surface area contributed by atoms with E-state index >= 15 is 0 Å². The fourth-order valence-electron chi connectivity index (χ4n) is 2.45. The van der Waals surface area contributed by atoms with E-state index in [0.29, 0.717) is 24.0 Å². The lowest BCUT2D eigenvalue weighted by atomic mass is 9.85. The van der Waals surface area contributed by atoms with Gasteiger partial charge in [0.2, 0.25) is 0 Å². The second-order valence-corrected chi connectivity index (χ2v) is 4.98. The van der Waals surface area contributed by atoms with Gasteiger partial charge in [-0.1, -0.05) is 13.8 Å².